The molecule has 0 unspecified atom stereocenters. The summed E-state index contributed by atoms with van der Waals surface area (Å²) in [5, 5.41) is 5.23. The van der Waals surface area contributed by atoms with Crippen LogP contribution in [0.3, 0.4) is 0 Å². The lowest BCUT2D eigenvalue weighted by atomic mass is 10.0. The number of amides is 2. The van der Waals surface area contributed by atoms with E-state index < -0.39 is 0 Å². The highest BCUT2D eigenvalue weighted by molar-refractivity contribution is 6.30. The molecule has 1 aromatic heterocycles. The van der Waals surface area contributed by atoms with Crippen LogP contribution in [-0.2, 0) is 16.0 Å². The van der Waals surface area contributed by atoms with Gasteiger partial charge in [0.05, 0.1) is 14.2 Å². The maximum absolute atomic E-state index is 11.6. The van der Waals surface area contributed by atoms with Crippen molar-refractivity contribution in [2.24, 2.45) is 0 Å². The molecule has 0 fully saturated rings. The van der Waals surface area contributed by atoms with E-state index >= 15 is 0 Å². The molecule has 2 amide bonds. The number of halogens is 1. The molecule has 0 radical (unpaired) electrons. The summed E-state index contributed by atoms with van der Waals surface area (Å²) in [6.07, 6.45) is 0.348. The third kappa shape index (κ3) is 5.07. The van der Waals surface area contributed by atoms with Gasteiger partial charge in [0.1, 0.15) is 11.0 Å². The van der Waals surface area contributed by atoms with Crippen molar-refractivity contribution in [3.63, 3.8) is 0 Å². The van der Waals surface area contributed by atoms with Gasteiger partial charge in [0.15, 0.2) is 11.5 Å². The van der Waals surface area contributed by atoms with Crippen LogP contribution < -0.4 is 20.1 Å². The summed E-state index contributed by atoms with van der Waals surface area (Å²) in [5.74, 6) is 0.784. The van der Waals surface area contributed by atoms with Gasteiger partial charge in [0, 0.05) is 25.8 Å². The minimum absolute atomic E-state index is 0.0176. The molecule has 0 aliphatic rings. The van der Waals surface area contributed by atoms with E-state index in [1.165, 1.54) is 13.8 Å². The maximum Gasteiger partial charge on any atom is 0.232 e. The van der Waals surface area contributed by atoms with Crippen LogP contribution in [-0.4, -0.2) is 36.0 Å². The average Bonchev–Trinajstić information content (AvgIpc) is 2.57. The van der Waals surface area contributed by atoms with E-state index in [9.17, 15) is 9.59 Å². The van der Waals surface area contributed by atoms with Crippen molar-refractivity contribution in [3.05, 3.63) is 34.0 Å². The first kappa shape index (κ1) is 20.4. The van der Waals surface area contributed by atoms with Gasteiger partial charge in [-0.3, -0.25) is 14.9 Å². The van der Waals surface area contributed by atoms with E-state index in [1.807, 2.05) is 19.1 Å². The number of nitrogens with one attached hydrogen (secondary N) is 2. The lowest BCUT2D eigenvalue weighted by Crippen LogP contribution is -2.15. The van der Waals surface area contributed by atoms with Gasteiger partial charge in [-0.1, -0.05) is 11.6 Å². The zero-order valence-corrected chi connectivity index (χ0v) is 16.5. The van der Waals surface area contributed by atoms with E-state index in [4.69, 9.17) is 21.1 Å². The molecule has 2 aromatic rings. The van der Waals surface area contributed by atoms with Crippen LogP contribution in [0.1, 0.15) is 30.5 Å². The molecule has 0 aliphatic heterocycles. The second-order valence-corrected chi connectivity index (χ2v) is 6.20. The number of aryl methyl sites for hydroxylation is 1. The highest BCUT2D eigenvalue weighted by Gasteiger charge is 2.18. The number of hydrogen-bond donors (Lipinski definition) is 2. The predicted octanol–water partition coefficient (Wildman–Crippen LogP) is 2.96. The monoisotopic (exact) mass is 392 g/mol. The zero-order valence-electron chi connectivity index (χ0n) is 15.8. The Morgan fingerprint density at radius 3 is 2.19 bits per heavy atom. The Balaban J connectivity index is 2.51. The number of anilines is 2. The zero-order chi connectivity index (χ0) is 20.1. The normalized spacial score (nSPS) is 10.3. The summed E-state index contributed by atoms with van der Waals surface area (Å²) >= 11 is 6.33. The number of carbonyl (C=O) groups excluding carboxylic acids is 2. The molecule has 0 atom stereocenters. The number of hydrogen-bond acceptors (Lipinski definition) is 6. The average molecular weight is 393 g/mol. The fraction of sp³-hybridized carbons (Fsp3) is 0.333. The van der Waals surface area contributed by atoms with Crippen molar-refractivity contribution in [2.75, 3.05) is 24.9 Å². The summed E-state index contributed by atoms with van der Waals surface area (Å²) in [7, 11) is 3.12. The first-order valence-corrected chi connectivity index (χ1v) is 8.46. The molecule has 0 saturated heterocycles. The SMILES string of the molecule is COc1cc(C)c(Cc2c(Cl)nc(NC(C)=O)nc2NC(C)=O)cc1OC. The van der Waals surface area contributed by atoms with E-state index in [1.54, 1.807) is 14.2 Å². The standard InChI is InChI=1S/C18H21ClN4O4/c1-9-6-14(26-4)15(27-5)8-12(9)7-13-16(19)22-18(21-11(3)25)23-17(13)20-10(2)24/h6,8H,7H2,1-5H3,(H2,20,21,22,23,24,25). The van der Waals surface area contributed by atoms with Gasteiger partial charge in [-0.15, -0.1) is 0 Å². The molecule has 9 heteroatoms. The van der Waals surface area contributed by atoms with Crippen molar-refractivity contribution < 1.29 is 19.1 Å². The lowest BCUT2D eigenvalue weighted by molar-refractivity contribution is -0.115. The summed E-state index contributed by atoms with van der Waals surface area (Å²) < 4.78 is 10.7. The van der Waals surface area contributed by atoms with E-state index in [-0.39, 0.29) is 28.7 Å². The van der Waals surface area contributed by atoms with Crippen LogP contribution in [0.4, 0.5) is 11.8 Å². The largest absolute Gasteiger partial charge is 0.493 e. The molecule has 0 aliphatic carbocycles. The van der Waals surface area contributed by atoms with Crippen LogP contribution in [0.15, 0.2) is 12.1 Å². The molecule has 1 aromatic carbocycles. The topological polar surface area (TPSA) is 102 Å². The Hall–Kier alpha value is -2.87. The number of benzene rings is 1. The first-order chi connectivity index (χ1) is 12.7. The Morgan fingerprint density at radius 1 is 1.04 bits per heavy atom. The first-order valence-electron chi connectivity index (χ1n) is 8.08. The smallest absolute Gasteiger partial charge is 0.232 e. The molecule has 27 heavy (non-hydrogen) atoms. The predicted molar refractivity (Wildman–Crippen MR) is 103 cm³/mol. The van der Waals surface area contributed by atoms with E-state index in [2.05, 4.69) is 20.6 Å². The number of nitrogens with zero attached hydrogens (tertiary/aromatic N) is 2. The molecule has 144 valence electrons. The number of aromatic nitrogens is 2. The Labute approximate surface area is 162 Å². The quantitative estimate of drug-likeness (QED) is 0.732. The van der Waals surface area contributed by atoms with Crippen LogP contribution in [0.5, 0.6) is 11.5 Å². The Bertz CT molecular complexity index is 886. The number of methoxy groups -OCH3 is 2. The van der Waals surface area contributed by atoms with Gasteiger partial charge >= 0.3 is 0 Å². The van der Waals surface area contributed by atoms with Crippen molar-refractivity contribution in [1.29, 1.82) is 0 Å². The fourth-order valence-electron chi connectivity index (χ4n) is 2.50. The van der Waals surface area contributed by atoms with Crippen molar-refractivity contribution >= 4 is 35.2 Å². The molecule has 1 heterocycles. The second kappa shape index (κ2) is 8.68. The molecule has 2 N–H and O–H groups in total. The van der Waals surface area contributed by atoms with Crippen molar-refractivity contribution in [3.8, 4) is 11.5 Å². The summed E-state index contributed by atoms with van der Waals surface area (Å²) in [6, 6.07) is 3.69. The molecule has 0 bridgehead atoms. The van der Waals surface area contributed by atoms with Crippen molar-refractivity contribution in [1.82, 2.24) is 9.97 Å². The molecule has 8 nitrogen and oxygen atoms in total. The van der Waals surface area contributed by atoms with Gasteiger partial charge in [0.25, 0.3) is 0 Å². The molecule has 0 spiro atoms. The minimum atomic E-state index is -0.344. The van der Waals surface area contributed by atoms with E-state index in [0.29, 0.717) is 23.5 Å². The summed E-state index contributed by atoms with van der Waals surface area (Å²) in [6.45, 7) is 4.62. The lowest BCUT2D eigenvalue weighted by Gasteiger charge is -2.16. The van der Waals surface area contributed by atoms with Crippen LogP contribution in [0.2, 0.25) is 5.15 Å². The number of ether oxygens (including phenoxy) is 2. The van der Waals surface area contributed by atoms with Crippen LogP contribution in [0, 0.1) is 6.92 Å². The van der Waals surface area contributed by atoms with Crippen LogP contribution in [0.25, 0.3) is 0 Å². The molecular formula is C18H21ClN4O4. The maximum atomic E-state index is 11.6. The number of rotatable bonds is 6. The Kier molecular flexibility index (Phi) is 6.57. The van der Waals surface area contributed by atoms with Crippen LogP contribution >= 0.6 is 11.6 Å². The third-order valence-electron chi connectivity index (χ3n) is 3.75. The second-order valence-electron chi connectivity index (χ2n) is 5.84. The highest BCUT2D eigenvalue weighted by Crippen LogP contribution is 2.33. The number of carbonyl (C=O) groups is 2. The van der Waals surface area contributed by atoms with Gasteiger partial charge in [0.2, 0.25) is 17.8 Å². The fourth-order valence-corrected chi connectivity index (χ4v) is 2.74. The minimum Gasteiger partial charge on any atom is -0.493 e. The van der Waals surface area contributed by atoms with E-state index in [0.717, 1.165) is 11.1 Å². The third-order valence-corrected chi connectivity index (χ3v) is 4.06. The van der Waals surface area contributed by atoms with Gasteiger partial charge in [-0.2, -0.15) is 4.98 Å². The molecular weight excluding hydrogens is 372 g/mol. The Morgan fingerprint density at radius 2 is 1.63 bits per heavy atom. The van der Waals surface area contributed by atoms with Gasteiger partial charge in [-0.25, -0.2) is 4.98 Å². The van der Waals surface area contributed by atoms with Gasteiger partial charge in [-0.05, 0) is 30.2 Å². The highest BCUT2D eigenvalue weighted by atomic mass is 35.5. The molecule has 0 saturated carbocycles. The summed E-state index contributed by atoms with van der Waals surface area (Å²) in [4.78, 5) is 31.1. The van der Waals surface area contributed by atoms with Crippen molar-refractivity contribution in [2.45, 2.75) is 27.2 Å². The molecule has 2 rings (SSSR count). The van der Waals surface area contributed by atoms with Gasteiger partial charge < -0.3 is 14.8 Å². The summed E-state index contributed by atoms with van der Waals surface area (Å²) in [5.41, 5.74) is 2.37.